The predicted molar refractivity (Wildman–Crippen MR) is 65.5 cm³/mol. The van der Waals surface area contributed by atoms with Crippen molar-refractivity contribution in [3.8, 4) is 0 Å². The molecule has 3 nitrogen and oxygen atoms in total. The molecule has 4 heteroatoms. The number of allylic oxidation sites excluding steroid dienone is 3. The summed E-state index contributed by atoms with van der Waals surface area (Å²) in [6.07, 6.45) is 6.71. The van der Waals surface area contributed by atoms with Crippen molar-refractivity contribution in [2.24, 2.45) is 0 Å². The first-order valence-corrected chi connectivity index (χ1v) is 5.91. The Morgan fingerprint density at radius 2 is 2.47 bits per heavy atom. The zero-order chi connectivity index (χ0) is 11.1. The maximum Gasteiger partial charge on any atom is 0.156 e. The van der Waals surface area contributed by atoms with E-state index in [1.807, 2.05) is 25.4 Å². The van der Waals surface area contributed by atoms with E-state index in [2.05, 4.69) is 17.6 Å². The third-order valence-electron chi connectivity index (χ3n) is 1.96. The van der Waals surface area contributed by atoms with Crippen LogP contribution in [-0.2, 0) is 4.79 Å². The van der Waals surface area contributed by atoms with Crippen LogP contribution in [0.25, 0.3) is 0 Å². The van der Waals surface area contributed by atoms with Crippen molar-refractivity contribution in [1.82, 2.24) is 10.6 Å². The Hall–Kier alpha value is -1.16. The van der Waals surface area contributed by atoms with E-state index in [-0.39, 0.29) is 0 Å². The average molecular weight is 224 g/mol. The number of thioether (sulfide) groups is 1. The Morgan fingerprint density at radius 1 is 1.67 bits per heavy atom. The molecule has 0 aromatic carbocycles. The third-order valence-corrected chi connectivity index (χ3v) is 2.96. The first-order chi connectivity index (χ1) is 7.31. The van der Waals surface area contributed by atoms with Crippen molar-refractivity contribution in [2.45, 2.75) is 6.92 Å². The lowest BCUT2D eigenvalue weighted by Crippen LogP contribution is -2.13. The zero-order valence-corrected chi connectivity index (χ0v) is 9.86. The maximum atomic E-state index is 10.6. The van der Waals surface area contributed by atoms with Crippen LogP contribution in [0.3, 0.4) is 0 Å². The van der Waals surface area contributed by atoms with Crippen LogP contribution < -0.4 is 10.6 Å². The Morgan fingerprint density at radius 3 is 3.00 bits per heavy atom. The summed E-state index contributed by atoms with van der Waals surface area (Å²) in [4.78, 5) is 11.4. The van der Waals surface area contributed by atoms with Gasteiger partial charge >= 0.3 is 0 Å². The largest absolute Gasteiger partial charge is 0.394 e. The lowest BCUT2D eigenvalue weighted by molar-refractivity contribution is -0.104. The molecule has 0 spiro atoms. The van der Waals surface area contributed by atoms with Gasteiger partial charge in [-0.25, -0.2) is 0 Å². The SMILES string of the molecule is CCNC(/C=C\NC)=C1\C=C(C=O)SC1. The molecule has 1 aliphatic rings. The molecule has 15 heavy (non-hydrogen) atoms. The van der Waals surface area contributed by atoms with Gasteiger partial charge in [-0.05, 0) is 30.8 Å². The zero-order valence-electron chi connectivity index (χ0n) is 9.04. The van der Waals surface area contributed by atoms with Gasteiger partial charge < -0.3 is 10.6 Å². The average Bonchev–Trinajstić information content (AvgIpc) is 2.72. The van der Waals surface area contributed by atoms with E-state index in [0.717, 1.165) is 29.2 Å². The van der Waals surface area contributed by atoms with Crippen LogP contribution in [-0.4, -0.2) is 25.6 Å². The second kappa shape index (κ2) is 6.35. The molecule has 0 aromatic heterocycles. The highest BCUT2D eigenvalue weighted by Crippen LogP contribution is 2.28. The molecule has 0 saturated heterocycles. The molecule has 0 saturated carbocycles. The summed E-state index contributed by atoms with van der Waals surface area (Å²) in [5.41, 5.74) is 2.26. The van der Waals surface area contributed by atoms with Gasteiger partial charge in [-0.15, -0.1) is 11.8 Å². The van der Waals surface area contributed by atoms with Crippen molar-refractivity contribution in [1.29, 1.82) is 0 Å². The van der Waals surface area contributed by atoms with Gasteiger partial charge in [0.05, 0.1) is 0 Å². The predicted octanol–water partition coefficient (Wildman–Crippen LogP) is 1.41. The number of aldehydes is 1. The molecule has 0 amide bonds. The van der Waals surface area contributed by atoms with Gasteiger partial charge in [0.15, 0.2) is 6.29 Å². The molecule has 0 bridgehead atoms. The van der Waals surface area contributed by atoms with E-state index in [4.69, 9.17) is 0 Å². The van der Waals surface area contributed by atoms with E-state index in [0.29, 0.717) is 0 Å². The maximum absolute atomic E-state index is 10.6. The van der Waals surface area contributed by atoms with E-state index in [1.165, 1.54) is 5.57 Å². The van der Waals surface area contributed by atoms with Crippen LogP contribution in [0.1, 0.15) is 6.92 Å². The van der Waals surface area contributed by atoms with Crippen molar-refractivity contribution in [2.75, 3.05) is 19.3 Å². The summed E-state index contributed by atoms with van der Waals surface area (Å²) in [6.45, 7) is 2.93. The number of likely N-dealkylation sites (N-methyl/N-ethyl adjacent to an activating group) is 1. The second-order valence-electron chi connectivity index (χ2n) is 3.04. The summed E-state index contributed by atoms with van der Waals surface area (Å²) in [5.74, 6) is 0.866. The monoisotopic (exact) mass is 224 g/mol. The molecule has 0 aromatic rings. The van der Waals surface area contributed by atoms with Gasteiger partial charge in [0, 0.05) is 29.9 Å². The molecule has 2 N–H and O–H groups in total. The molecule has 0 atom stereocenters. The minimum absolute atomic E-state index is 0.804. The first kappa shape index (κ1) is 11.9. The van der Waals surface area contributed by atoms with Crippen LogP contribution in [0.5, 0.6) is 0 Å². The highest BCUT2D eigenvalue weighted by Gasteiger charge is 2.11. The van der Waals surface area contributed by atoms with Gasteiger partial charge in [-0.2, -0.15) is 0 Å². The summed E-state index contributed by atoms with van der Waals surface area (Å²) in [6, 6.07) is 0. The summed E-state index contributed by atoms with van der Waals surface area (Å²) in [7, 11) is 1.86. The van der Waals surface area contributed by atoms with Crippen LogP contribution >= 0.6 is 11.8 Å². The fourth-order valence-corrected chi connectivity index (χ4v) is 2.13. The lowest BCUT2D eigenvalue weighted by atomic mass is 10.2. The Kier molecular flexibility index (Phi) is 5.04. The molecular formula is C11H16N2OS. The number of rotatable bonds is 5. The highest BCUT2D eigenvalue weighted by molar-refractivity contribution is 8.04. The quantitative estimate of drug-likeness (QED) is 0.693. The van der Waals surface area contributed by atoms with Gasteiger partial charge in [0.2, 0.25) is 0 Å². The van der Waals surface area contributed by atoms with Crippen molar-refractivity contribution in [3.63, 3.8) is 0 Å². The van der Waals surface area contributed by atoms with Crippen LogP contribution in [0, 0.1) is 0 Å². The van der Waals surface area contributed by atoms with Crippen molar-refractivity contribution < 1.29 is 4.79 Å². The standard InChI is InChI=1S/C11H16N2OS/c1-3-13-11(4-5-12-2)9-6-10(7-14)15-8-9/h4-7,12-13H,3,8H2,1-2H3/b5-4-,11-9+. The van der Waals surface area contributed by atoms with E-state index >= 15 is 0 Å². The van der Waals surface area contributed by atoms with Crippen LogP contribution in [0.2, 0.25) is 0 Å². The summed E-state index contributed by atoms with van der Waals surface area (Å²) < 4.78 is 0. The van der Waals surface area contributed by atoms with Crippen LogP contribution in [0.15, 0.2) is 34.5 Å². The normalized spacial score (nSPS) is 18.9. The fraction of sp³-hybridized carbons (Fsp3) is 0.364. The number of carbonyl (C=O) groups excluding carboxylic acids is 1. The Labute approximate surface area is 94.7 Å². The number of carbonyl (C=O) groups is 1. The van der Waals surface area contributed by atoms with E-state index < -0.39 is 0 Å². The first-order valence-electron chi connectivity index (χ1n) is 4.92. The molecule has 0 unspecified atom stereocenters. The number of hydrogen-bond acceptors (Lipinski definition) is 4. The Balaban J connectivity index is 2.86. The van der Waals surface area contributed by atoms with Gasteiger partial charge in [0.25, 0.3) is 0 Å². The Bertz CT molecular complexity index is 319. The number of nitrogens with one attached hydrogen (secondary N) is 2. The molecule has 82 valence electrons. The van der Waals surface area contributed by atoms with E-state index in [9.17, 15) is 4.79 Å². The van der Waals surface area contributed by atoms with Crippen molar-refractivity contribution in [3.05, 3.63) is 34.5 Å². The fourth-order valence-electron chi connectivity index (χ4n) is 1.28. The molecule has 0 aliphatic carbocycles. The molecule has 0 radical (unpaired) electrons. The molecule has 1 rings (SSSR count). The van der Waals surface area contributed by atoms with Gasteiger partial charge in [-0.3, -0.25) is 4.79 Å². The number of hydrogen-bond donors (Lipinski definition) is 2. The van der Waals surface area contributed by atoms with E-state index in [1.54, 1.807) is 11.8 Å². The highest BCUT2D eigenvalue weighted by atomic mass is 32.2. The molecular weight excluding hydrogens is 208 g/mol. The van der Waals surface area contributed by atoms with Crippen LogP contribution in [0.4, 0.5) is 0 Å². The van der Waals surface area contributed by atoms with Crippen molar-refractivity contribution >= 4 is 18.0 Å². The van der Waals surface area contributed by atoms with Gasteiger partial charge in [0.1, 0.15) is 0 Å². The summed E-state index contributed by atoms with van der Waals surface area (Å²) >= 11 is 1.58. The molecule has 0 fully saturated rings. The second-order valence-corrected chi connectivity index (χ2v) is 4.09. The molecule has 1 heterocycles. The molecule has 1 aliphatic heterocycles. The lowest BCUT2D eigenvalue weighted by Gasteiger charge is -2.06. The van der Waals surface area contributed by atoms with Gasteiger partial charge in [-0.1, -0.05) is 0 Å². The topological polar surface area (TPSA) is 41.1 Å². The third kappa shape index (κ3) is 3.47. The smallest absolute Gasteiger partial charge is 0.156 e. The summed E-state index contributed by atoms with van der Waals surface area (Å²) in [5, 5.41) is 6.24. The minimum atomic E-state index is 0.804. The minimum Gasteiger partial charge on any atom is -0.394 e.